The zero-order valence-corrected chi connectivity index (χ0v) is 13.4. The van der Waals surface area contributed by atoms with Crippen LogP contribution in [0.15, 0.2) is 47.3 Å². The molecule has 3 aromatic rings. The van der Waals surface area contributed by atoms with Gasteiger partial charge in [0.1, 0.15) is 12.4 Å². The Morgan fingerprint density at radius 2 is 1.83 bits per heavy atom. The van der Waals surface area contributed by atoms with E-state index in [2.05, 4.69) is 23.7 Å². The minimum atomic E-state index is -0.00339. The SMILES string of the molecule is Cc1ccc(C#Cc2ccc3c(=O)n4c(nc3c2)COCC4)cc1. The van der Waals surface area contributed by atoms with E-state index in [-0.39, 0.29) is 5.56 Å². The molecule has 24 heavy (non-hydrogen) atoms. The molecule has 4 rings (SSSR count). The normalized spacial score (nSPS) is 13.2. The summed E-state index contributed by atoms with van der Waals surface area (Å²) in [5.41, 5.74) is 3.69. The van der Waals surface area contributed by atoms with Crippen LogP contribution in [0.5, 0.6) is 0 Å². The van der Waals surface area contributed by atoms with Crippen molar-refractivity contribution in [1.29, 1.82) is 0 Å². The number of aromatic nitrogens is 2. The molecule has 4 nitrogen and oxygen atoms in total. The second-order valence-corrected chi connectivity index (χ2v) is 5.89. The summed E-state index contributed by atoms with van der Waals surface area (Å²) < 4.78 is 7.09. The van der Waals surface area contributed by atoms with Gasteiger partial charge in [0.05, 0.1) is 24.1 Å². The Morgan fingerprint density at radius 3 is 2.67 bits per heavy atom. The smallest absolute Gasteiger partial charge is 0.261 e. The Balaban J connectivity index is 1.76. The van der Waals surface area contributed by atoms with Gasteiger partial charge in [-0.25, -0.2) is 4.98 Å². The minimum absolute atomic E-state index is 0.00339. The summed E-state index contributed by atoms with van der Waals surface area (Å²) in [6.07, 6.45) is 0. The highest BCUT2D eigenvalue weighted by Crippen LogP contribution is 2.13. The zero-order chi connectivity index (χ0) is 16.5. The van der Waals surface area contributed by atoms with Gasteiger partial charge in [-0.1, -0.05) is 29.5 Å². The first-order valence-corrected chi connectivity index (χ1v) is 7.91. The fourth-order valence-corrected chi connectivity index (χ4v) is 2.79. The van der Waals surface area contributed by atoms with Crippen molar-refractivity contribution in [2.45, 2.75) is 20.1 Å². The number of aryl methyl sites for hydroxylation is 1. The molecule has 1 aliphatic heterocycles. The van der Waals surface area contributed by atoms with Gasteiger partial charge >= 0.3 is 0 Å². The van der Waals surface area contributed by atoms with Gasteiger partial charge in [-0.15, -0.1) is 0 Å². The van der Waals surface area contributed by atoms with E-state index in [0.29, 0.717) is 36.5 Å². The van der Waals surface area contributed by atoms with Gasteiger partial charge in [0.25, 0.3) is 5.56 Å². The summed E-state index contributed by atoms with van der Waals surface area (Å²) in [7, 11) is 0. The molecular formula is C20H16N2O2. The van der Waals surface area contributed by atoms with Crippen LogP contribution < -0.4 is 5.56 Å². The standard InChI is InChI=1S/C20H16N2O2/c1-14-2-4-15(5-3-14)6-7-16-8-9-17-18(12-16)21-19-13-24-11-10-22(19)20(17)23/h2-5,8-9,12H,10-11,13H2,1H3. The van der Waals surface area contributed by atoms with Crippen LogP contribution in [0.2, 0.25) is 0 Å². The second-order valence-electron chi connectivity index (χ2n) is 5.89. The summed E-state index contributed by atoms with van der Waals surface area (Å²) in [4.78, 5) is 17.1. The van der Waals surface area contributed by atoms with Crippen LogP contribution in [0.25, 0.3) is 10.9 Å². The molecule has 0 fully saturated rings. The number of nitrogens with zero attached hydrogens (tertiary/aromatic N) is 2. The van der Waals surface area contributed by atoms with E-state index in [1.807, 2.05) is 42.5 Å². The van der Waals surface area contributed by atoms with Crippen molar-refractivity contribution in [3.05, 3.63) is 75.3 Å². The molecular weight excluding hydrogens is 300 g/mol. The average molecular weight is 316 g/mol. The summed E-state index contributed by atoms with van der Waals surface area (Å²) in [5, 5.41) is 0.626. The van der Waals surface area contributed by atoms with Crippen molar-refractivity contribution in [3.8, 4) is 11.8 Å². The molecule has 118 valence electrons. The van der Waals surface area contributed by atoms with E-state index >= 15 is 0 Å². The third-order valence-corrected chi connectivity index (χ3v) is 4.13. The lowest BCUT2D eigenvalue weighted by Crippen LogP contribution is -2.31. The first-order chi connectivity index (χ1) is 11.7. The Kier molecular flexibility index (Phi) is 3.64. The van der Waals surface area contributed by atoms with E-state index in [9.17, 15) is 4.79 Å². The molecule has 0 saturated heterocycles. The Hall–Kier alpha value is -2.90. The summed E-state index contributed by atoms with van der Waals surface area (Å²) >= 11 is 0. The van der Waals surface area contributed by atoms with Gasteiger partial charge < -0.3 is 4.74 Å². The van der Waals surface area contributed by atoms with Gasteiger partial charge in [0.15, 0.2) is 0 Å². The summed E-state index contributed by atoms with van der Waals surface area (Å²) in [6.45, 7) is 3.55. The molecule has 0 amide bonds. The van der Waals surface area contributed by atoms with Crippen molar-refractivity contribution in [1.82, 2.24) is 9.55 Å². The second kappa shape index (κ2) is 5.95. The maximum absolute atomic E-state index is 12.5. The quantitative estimate of drug-likeness (QED) is 0.599. The van der Waals surface area contributed by atoms with Crippen LogP contribution in [0, 0.1) is 18.8 Å². The molecule has 0 aliphatic carbocycles. The fraction of sp³-hybridized carbons (Fsp3) is 0.200. The Morgan fingerprint density at radius 1 is 1.08 bits per heavy atom. The van der Waals surface area contributed by atoms with Crippen LogP contribution in [-0.2, 0) is 17.9 Å². The van der Waals surface area contributed by atoms with Crippen molar-refractivity contribution < 1.29 is 4.74 Å². The molecule has 2 heterocycles. The summed E-state index contributed by atoms with van der Waals surface area (Å²) in [6, 6.07) is 13.6. The lowest BCUT2D eigenvalue weighted by molar-refractivity contribution is 0.0788. The minimum Gasteiger partial charge on any atom is -0.372 e. The molecule has 0 saturated carbocycles. The van der Waals surface area contributed by atoms with Crippen molar-refractivity contribution in [3.63, 3.8) is 0 Å². The highest BCUT2D eigenvalue weighted by molar-refractivity contribution is 5.79. The molecule has 0 N–H and O–H groups in total. The van der Waals surface area contributed by atoms with Gasteiger partial charge in [0.2, 0.25) is 0 Å². The average Bonchev–Trinajstić information content (AvgIpc) is 2.61. The molecule has 0 atom stereocenters. The van der Waals surface area contributed by atoms with Gasteiger partial charge in [0, 0.05) is 11.1 Å². The molecule has 2 aromatic carbocycles. The van der Waals surface area contributed by atoms with E-state index in [1.165, 1.54) is 5.56 Å². The number of fused-ring (bicyclic) bond motifs is 2. The highest BCUT2D eigenvalue weighted by Gasteiger charge is 2.14. The van der Waals surface area contributed by atoms with E-state index < -0.39 is 0 Å². The third-order valence-electron chi connectivity index (χ3n) is 4.13. The van der Waals surface area contributed by atoms with Gasteiger partial charge in [-0.05, 0) is 37.3 Å². The van der Waals surface area contributed by atoms with E-state index in [1.54, 1.807) is 4.57 Å². The van der Waals surface area contributed by atoms with E-state index in [4.69, 9.17) is 4.74 Å². The van der Waals surface area contributed by atoms with Crippen LogP contribution >= 0.6 is 0 Å². The molecule has 0 radical (unpaired) electrons. The monoisotopic (exact) mass is 316 g/mol. The van der Waals surface area contributed by atoms with Crippen molar-refractivity contribution in [2.75, 3.05) is 6.61 Å². The van der Waals surface area contributed by atoms with Crippen molar-refractivity contribution in [2.24, 2.45) is 0 Å². The maximum Gasteiger partial charge on any atom is 0.261 e. The van der Waals surface area contributed by atoms with E-state index in [0.717, 1.165) is 11.1 Å². The fourth-order valence-electron chi connectivity index (χ4n) is 2.79. The molecule has 1 aromatic heterocycles. The first-order valence-electron chi connectivity index (χ1n) is 7.91. The van der Waals surface area contributed by atoms with Gasteiger partial charge in [-0.2, -0.15) is 0 Å². The molecule has 4 heteroatoms. The van der Waals surface area contributed by atoms with Crippen LogP contribution in [-0.4, -0.2) is 16.2 Å². The lowest BCUT2D eigenvalue weighted by atomic mass is 10.1. The molecule has 0 bridgehead atoms. The Labute approximate surface area is 139 Å². The topological polar surface area (TPSA) is 44.1 Å². The number of ether oxygens (including phenoxy) is 1. The zero-order valence-electron chi connectivity index (χ0n) is 13.4. The van der Waals surface area contributed by atoms with Crippen LogP contribution in [0.4, 0.5) is 0 Å². The number of benzene rings is 2. The predicted octanol–water partition coefficient (Wildman–Crippen LogP) is 2.63. The van der Waals surface area contributed by atoms with Crippen molar-refractivity contribution >= 4 is 10.9 Å². The largest absolute Gasteiger partial charge is 0.372 e. The molecule has 0 unspecified atom stereocenters. The van der Waals surface area contributed by atoms with Crippen LogP contribution in [0.3, 0.4) is 0 Å². The third kappa shape index (κ3) is 2.70. The van der Waals surface area contributed by atoms with Crippen LogP contribution in [0.1, 0.15) is 22.5 Å². The summed E-state index contributed by atoms with van der Waals surface area (Å²) in [5.74, 6) is 6.97. The molecule has 1 aliphatic rings. The highest BCUT2D eigenvalue weighted by atomic mass is 16.5. The molecule has 0 spiro atoms. The number of hydrogen-bond donors (Lipinski definition) is 0. The number of hydrogen-bond acceptors (Lipinski definition) is 3. The maximum atomic E-state index is 12.5. The first kappa shape index (κ1) is 14.7. The predicted molar refractivity (Wildman–Crippen MR) is 92.8 cm³/mol. The Bertz CT molecular complexity index is 1040. The number of rotatable bonds is 0. The van der Waals surface area contributed by atoms with Gasteiger partial charge in [-0.3, -0.25) is 9.36 Å². The lowest BCUT2D eigenvalue weighted by Gasteiger charge is -2.18.